The van der Waals surface area contributed by atoms with Crippen molar-refractivity contribution in [3.63, 3.8) is 0 Å². The molecule has 33 heavy (non-hydrogen) atoms. The van der Waals surface area contributed by atoms with Gasteiger partial charge in [-0.25, -0.2) is 0 Å². The fraction of sp³-hybridized carbons (Fsp3) is 0.417. The fourth-order valence-electron chi connectivity index (χ4n) is 4.14. The molecule has 4 rings (SSSR count). The summed E-state index contributed by atoms with van der Waals surface area (Å²) in [5, 5.41) is 9.14. The lowest BCUT2D eigenvalue weighted by Gasteiger charge is -2.37. The Bertz CT molecular complexity index is 1080. The molecule has 1 saturated heterocycles. The van der Waals surface area contributed by atoms with Crippen LogP contribution in [0.2, 0.25) is 5.02 Å². The van der Waals surface area contributed by atoms with Crippen LogP contribution in [-0.2, 0) is 6.54 Å². The topological polar surface area (TPSA) is 73.1 Å². The molecule has 1 aromatic heterocycles. The highest BCUT2D eigenvalue weighted by molar-refractivity contribution is 6.30. The van der Waals surface area contributed by atoms with Crippen molar-refractivity contribution in [1.82, 2.24) is 20.0 Å². The first-order valence-electron chi connectivity index (χ1n) is 10.9. The zero-order chi connectivity index (χ0) is 23.4. The number of rotatable bonds is 8. The lowest BCUT2D eigenvalue weighted by Crippen LogP contribution is -2.46. The van der Waals surface area contributed by atoms with Crippen LogP contribution in [0.3, 0.4) is 0 Å². The van der Waals surface area contributed by atoms with Crippen LogP contribution in [0.4, 0.5) is 0 Å². The summed E-state index contributed by atoms with van der Waals surface area (Å²) in [5.41, 5.74) is 1.89. The lowest BCUT2D eigenvalue weighted by atomic mass is 10.1. The van der Waals surface area contributed by atoms with Gasteiger partial charge in [0.15, 0.2) is 11.5 Å². The Kier molecular flexibility index (Phi) is 7.37. The largest absolute Gasteiger partial charge is 0.493 e. The molecule has 0 saturated carbocycles. The summed E-state index contributed by atoms with van der Waals surface area (Å²) in [5.74, 6) is 3.09. The molecule has 2 aromatic carbocycles. The van der Waals surface area contributed by atoms with E-state index in [-0.39, 0.29) is 6.04 Å². The van der Waals surface area contributed by atoms with Crippen molar-refractivity contribution in [2.24, 2.45) is 0 Å². The number of ether oxygens (including phenoxy) is 3. The highest BCUT2D eigenvalue weighted by Gasteiger charge is 2.27. The smallest absolute Gasteiger partial charge is 0.247 e. The van der Waals surface area contributed by atoms with Gasteiger partial charge in [-0.2, -0.15) is 0 Å². The van der Waals surface area contributed by atoms with Crippen LogP contribution in [0.1, 0.15) is 24.4 Å². The number of piperazine rings is 1. The van der Waals surface area contributed by atoms with Crippen LogP contribution in [0.25, 0.3) is 11.5 Å². The summed E-state index contributed by atoms with van der Waals surface area (Å²) in [4.78, 5) is 4.76. The predicted molar refractivity (Wildman–Crippen MR) is 126 cm³/mol. The van der Waals surface area contributed by atoms with E-state index in [1.165, 1.54) is 0 Å². The summed E-state index contributed by atoms with van der Waals surface area (Å²) in [6, 6.07) is 11.4. The number of nitrogens with zero attached hydrogens (tertiary/aromatic N) is 4. The molecular formula is C24H29ClN4O4. The zero-order valence-corrected chi connectivity index (χ0v) is 20.1. The van der Waals surface area contributed by atoms with Gasteiger partial charge in [0.2, 0.25) is 17.5 Å². The van der Waals surface area contributed by atoms with Crippen LogP contribution < -0.4 is 14.2 Å². The third-order valence-corrected chi connectivity index (χ3v) is 6.24. The maximum absolute atomic E-state index is 6.08. The van der Waals surface area contributed by atoms with Gasteiger partial charge in [-0.1, -0.05) is 23.7 Å². The van der Waals surface area contributed by atoms with Gasteiger partial charge in [0.1, 0.15) is 0 Å². The Morgan fingerprint density at radius 3 is 2.39 bits per heavy atom. The molecule has 9 heteroatoms. The maximum atomic E-state index is 6.08. The highest BCUT2D eigenvalue weighted by atomic mass is 35.5. The number of aromatic nitrogens is 2. The van der Waals surface area contributed by atoms with Crippen molar-refractivity contribution < 1.29 is 18.6 Å². The minimum atomic E-state index is 0.0307. The molecule has 0 radical (unpaired) electrons. The van der Waals surface area contributed by atoms with Crippen LogP contribution >= 0.6 is 11.6 Å². The predicted octanol–water partition coefficient (Wildman–Crippen LogP) is 4.29. The van der Waals surface area contributed by atoms with E-state index in [1.807, 2.05) is 36.4 Å². The molecule has 1 atom stereocenters. The first kappa shape index (κ1) is 23.4. The van der Waals surface area contributed by atoms with Gasteiger partial charge < -0.3 is 18.6 Å². The lowest BCUT2D eigenvalue weighted by molar-refractivity contribution is 0.0870. The molecule has 0 amide bonds. The molecule has 0 bridgehead atoms. The molecule has 0 N–H and O–H groups in total. The first-order valence-corrected chi connectivity index (χ1v) is 11.3. The summed E-state index contributed by atoms with van der Waals surface area (Å²) in [6.45, 7) is 6.49. The molecule has 0 aliphatic carbocycles. The highest BCUT2D eigenvalue weighted by Crippen LogP contribution is 2.40. The second-order valence-corrected chi connectivity index (χ2v) is 8.37. The Hall–Kier alpha value is -2.81. The quantitative estimate of drug-likeness (QED) is 0.480. The van der Waals surface area contributed by atoms with Crippen molar-refractivity contribution in [3.8, 4) is 28.7 Å². The van der Waals surface area contributed by atoms with E-state index in [9.17, 15) is 0 Å². The van der Waals surface area contributed by atoms with Crippen LogP contribution in [0, 0.1) is 0 Å². The molecule has 176 valence electrons. The summed E-state index contributed by atoms with van der Waals surface area (Å²) >= 11 is 6.08. The normalized spacial score (nSPS) is 15.9. The Morgan fingerprint density at radius 1 is 0.970 bits per heavy atom. The van der Waals surface area contributed by atoms with Gasteiger partial charge in [0, 0.05) is 48.9 Å². The molecule has 1 fully saturated rings. The monoisotopic (exact) mass is 472 g/mol. The minimum absolute atomic E-state index is 0.0307. The number of benzene rings is 2. The molecule has 1 aliphatic heterocycles. The van der Waals surface area contributed by atoms with Gasteiger partial charge in [0.25, 0.3) is 0 Å². The average molecular weight is 473 g/mol. The second-order valence-electron chi connectivity index (χ2n) is 7.94. The number of methoxy groups -OCH3 is 3. The van der Waals surface area contributed by atoms with Gasteiger partial charge in [-0.15, -0.1) is 10.2 Å². The Labute approximate surface area is 199 Å². The molecule has 3 aromatic rings. The Balaban J connectivity index is 1.38. The van der Waals surface area contributed by atoms with E-state index in [4.69, 9.17) is 30.2 Å². The van der Waals surface area contributed by atoms with Crippen LogP contribution in [0.5, 0.6) is 17.2 Å². The van der Waals surface area contributed by atoms with E-state index in [0.29, 0.717) is 34.1 Å². The first-order chi connectivity index (χ1) is 16.0. The van der Waals surface area contributed by atoms with E-state index >= 15 is 0 Å². The van der Waals surface area contributed by atoms with E-state index in [2.05, 4.69) is 26.9 Å². The standard InChI is InChI=1S/C24H29ClN4O4/c1-16(23-26-27-24(33-23)17-6-5-7-19(25)14-17)29-12-10-28(11-13-29)15-18-8-9-20(30-2)22(32-4)21(18)31-3/h5-9,14,16H,10-13,15H2,1-4H3. The average Bonchev–Trinajstić information content (AvgIpc) is 3.34. The van der Waals surface area contributed by atoms with E-state index in [1.54, 1.807) is 21.3 Å². The SMILES string of the molecule is COc1ccc(CN2CCN(C(C)c3nnc(-c4cccc(Cl)c4)o3)CC2)c(OC)c1OC. The molecule has 8 nitrogen and oxygen atoms in total. The van der Waals surface area contributed by atoms with Crippen molar-refractivity contribution >= 4 is 11.6 Å². The van der Waals surface area contributed by atoms with E-state index in [0.717, 1.165) is 43.9 Å². The van der Waals surface area contributed by atoms with Gasteiger partial charge in [-0.3, -0.25) is 9.80 Å². The molecule has 2 heterocycles. The molecule has 1 aliphatic rings. The maximum Gasteiger partial charge on any atom is 0.247 e. The summed E-state index contributed by atoms with van der Waals surface area (Å²) < 4.78 is 22.5. The zero-order valence-electron chi connectivity index (χ0n) is 19.4. The van der Waals surface area contributed by atoms with Gasteiger partial charge >= 0.3 is 0 Å². The fourth-order valence-corrected chi connectivity index (χ4v) is 4.33. The molecule has 0 spiro atoms. The van der Waals surface area contributed by atoms with Crippen molar-refractivity contribution in [3.05, 3.63) is 52.9 Å². The van der Waals surface area contributed by atoms with E-state index < -0.39 is 0 Å². The minimum Gasteiger partial charge on any atom is -0.493 e. The van der Waals surface area contributed by atoms with Crippen LogP contribution in [-0.4, -0.2) is 67.5 Å². The summed E-state index contributed by atoms with van der Waals surface area (Å²) in [6.07, 6.45) is 0. The van der Waals surface area contributed by atoms with Gasteiger partial charge in [0.05, 0.1) is 27.4 Å². The number of hydrogen-bond acceptors (Lipinski definition) is 8. The third-order valence-electron chi connectivity index (χ3n) is 6.00. The molecule has 1 unspecified atom stereocenters. The number of hydrogen-bond donors (Lipinski definition) is 0. The van der Waals surface area contributed by atoms with Crippen molar-refractivity contribution in [1.29, 1.82) is 0 Å². The van der Waals surface area contributed by atoms with Gasteiger partial charge in [-0.05, 0) is 31.2 Å². The Morgan fingerprint density at radius 2 is 1.73 bits per heavy atom. The summed E-state index contributed by atoms with van der Waals surface area (Å²) in [7, 11) is 4.90. The number of halogens is 1. The van der Waals surface area contributed by atoms with Crippen molar-refractivity contribution in [2.75, 3.05) is 47.5 Å². The molecular weight excluding hydrogens is 444 g/mol. The van der Waals surface area contributed by atoms with Crippen molar-refractivity contribution in [2.45, 2.75) is 19.5 Å². The third kappa shape index (κ3) is 5.08. The van der Waals surface area contributed by atoms with Crippen LogP contribution in [0.15, 0.2) is 40.8 Å². The second kappa shape index (κ2) is 10.4.